The lowest BCUT2D eigenvalue weighted by Gasteiger charge is -2.13. The van der Waals surface area contributed by atoms with Crippen LogP contribution >= 0.6 is 0 Å². The lowest BCUT2D eigenvalue weighted by Crippen LogP contribution is -2.10. The minimum Gasteiger partial charge on any atom is -0.467 e. The molecule has 0 aliphatic rings. The molecule has 16 heavy (non-hydrogen) atoms. The molecule has 0 saturated carbocycles. The van der Waals surface area contributed by atoms with Gasteiger partial charge in [0.2, 0.25) is 0 Å². The first-order chi connectivity index (χ1) is 7.79. The minimum absolute atomic E-state index is 0.100. The molecule has 0 fully saturated rings. The Hall–Kier alpha value is -2.01. The predicted molar refractivity (Wildman–Crippen MR) is 62.8 cm³/mol. The maximum Gasteiger partial charge on any atom is 0.141 e. The summed E-state index contributed by atoms with van der Waals surface area (Å²) in [6.45, 7) is 2.02. The van der Waals surface area contributed by atoms with Crippen molar-refractivity contribution in [1.29, 1.82) is 0 Å². The Morgan fingerprint density at radius 1 is 1.44 bits per heavy atom. The summed E-state index contributed by atoms with van der Waals surface area (Å²) in [7, 11) is 0. The standard InChI is InChI=1S/C11H14N4O/c1-8(10-3-2-6-16-10)14-9-4-5-13-11(7-9)15-12/h2-8H,12H2,1H3,(H2,13,14,15). The average Bonchev–Trinajstić information content (AvgIpc) is 2.83. The Kier molecular flexibility index (Phi) is 3.07. The van der Waals surface area contributed by atoms with E-state index >= 15 is 0 Å². The van der Waals surface area contributed by atoms with Gasteiger partial charge in [-0.05, 0) is 25.1 Å². The highest BCUT2D eigenvalue weighted by Gasteiger charge is 2.07. The van der Waals surface area contributed by atoms with Gasteiger partial charge < -0.3 is 15.2 Å². The molecule has 0 aliphatic carbocycles. The van der Waals surface area contributed by atoms with Crippen LogP contribution in [0.1, 0.15) is 18.7 Å². The molecule has 2 rings (SSSR count). The van der Waals surface area contributed by atoms with E-state index in [0.717, 1.165) is 11.4 Å². The van der Waals surface area contributed by atoms with Crippen LogP contribution in [0.15, 0.2) is 41.1 Å². The van der Waals surface area contributed by atoms with Crippen molar-refractivity contribution in [2.75, 3.05) is 10.7 Å². The van der Waals surface area contributed by atoms with Gasteiger partial charge in [0.15, 0.2) is 0 Å². The van der Waals surface area contributed by atoms with E-state index in [1.54, 1.807) is 12.5 Å². The third-order valence-electron chi connectivity index (χ3n) is 2.26. The van der Waals surface area contributed by atoms with Gasteiger partial charge in [0.1, 0.15) is 11.6 Å². The van der Waals surface area contributed by atoms with Gasteiger partial charge in [-0.2, -0.15) is 0 Å². The molecule has 2 aromatic rings. The molecule has 1 unspecified atom stereocenters. The molecule has 4 N–H and O–H groups in total. The fraction of sp³-hybridized carbons (Fsp3) is 0.182. The molecule has 0 amide bonds. The van der Waals surface area contributed by atoms with Crippen molar-refractivity contribution in [3.63, 3.8) is 0 Å². The quantitative estimate of drug-likeness (QED) is 0.541. The molecule has 5 heteroatoms. The number of hydrazine groups is 1. The van der Waals surface area contributed by atoms with Crippen LogP contribution in [0.25, 0.3) is 0 Å². The van der Waals surface area contributed by atoms with E-state index in [2.05, 4.69) is 15.7 Å². The smallest absolute Gasteiger partial charge is 0.141 e. The van der Waals surface area contributed by atoms with Crippen molar-refractivity contribution in [2.24, 2.45) is 5.84 Å². The van der Waals surface area contributed by atoms with Crippen LogP contribution in [0.5, 0.6) is 0 Å². The number of hydrogen-bond acceptors (Lipinski definition) is 5. The van der Waals surface area contributed by atoms with E-state index in [4.69, 9.17) is 10.3 Å². The summed E-state index contributed by atoms with van der Waals surface area (Å²) in [5.41, 5.74) is 3.44. The number of nitrogens with two attached hydrogens (primary N) is 1. The summed E-state index contributed by atoms with van der Waals surface area (Å²) in [5.74, 6) is 6.80. The molecule has 0 aromatic carbocycles. The van der Waals surface area contributed by atoms with E-state index in [-0.39, 0.29) is 6.04 Å². The molecule has 1 atom stereocenters. The molecular formula is C11H14N4O. The van der Waals surface area contributed by atoms with E-state index in [9.17, 15) is 0 Å². The molecule has 0 aliphatic heterocycles. The van der Waals surface area contributed by atoms with Crippen molar-refractivity contribution in [1.82, 2.24) is 4.98 Å². The van der Waals surface area contributed by atoms with E-state index in [1.165, 1.54) is 0 Å². The van der Waals surface area contributed by atoms with Crippen LogP contribution in [0, 0.1) is 0 Å². The van der Waals surface area contributed by atoms with Gasteiger partial charge in [-0.1, -0.05) is 0 Å². The summed E-state index contributed by atoms with van der Waals surface area (Å²) < 4.78 is 5.31. The fourth-order valence-electron chi connectivity index (χ4n) is 1.46. The second kappa shape index (κ2) is 4.67. The zero-order chi connectivity index (χ0) is 11.4. The molecule has 0 spiro atoms. The maximum atomic E-state index is 5.31. The Bertz CT molecular complexity index is 441. The summed E-state index contributed by atoms with van der Waals surface area (Å²) in [4.78, 5) is 4.03. The maximum absolute atomic E-state index is 5.31. The van der Waals surface area contributed by atoms with Gasteiger partial charge in [-0.3, -0.25) is 0 Å². The Morgan fingerprint density at radius 2 is 2.31 bits per heavy atom. The Balaban J connectivity index is 2.08. The fourth-order valence-corrected chi connectivity index (χ4v) is 1.46. The van der Waals surface area contributed by atoms with E-state index in [1.807, 2.05) is 31.2 Å². The molecule has 0 radical (unpaired) electrons. The van der Waals surface area contributed by atoms with Crippen LogP contribution in [0.4, 0.5) is 11.5 Å². The number of furan rings is 1. The predicted octanol–water partition coefficient (Wildman–Crippen LogP) is 2.13. The van der Waals surface area contributed by atoms with Crippen molar-refractivity contribution in [3.8, 4) is 0 Å². The summed E-state index contributed by atoms with van der Waals surface area (Å²) in [6.07, 6.45) is 3.35. The molecule has 5 nitrogen and oxygen atoms in total. The molecule has 0 bridgehead atoms. The number of pyridine rings is 1. The third-order valence-corrected chi connectivity index (χ3v) is 2.26. The van der Waals surface area contributed by atoms with Gasteiger partial charge in [-0.25, -0.2) is 10.8 Å². The first kappa shape index (κ1) is 10.5. The highest BCUT2D eigenvalue weighted by molar-refractivity contribution is 5.52. The summed E-state index contributed by atoms with van der Waals surface area (Å²) >= 11 is 0. The van der Waals surface area contributed by atoms with E-state index < -0.39 is 0 Å². The number of nitrogen functional groups attached to an aromatic ring is 1. The van der Waals surface area contributed by atoms with Crippen molar-refractivity contribution < 1.29 is 4.42 Å². The second-order valence-electron chi connectivity index (χ2n) is 3.46. The van der Waals surface area contributed by atoms with Crippen molar-refractivity contribution in [3.05, 3.63) is 42.5 Å². The summed E-state index contributed by atoms with van der Waals surface area (Å²) in [6, 6.07) is 7.61. The van der Waals surface area contributed by atoms with Gasteiger partial charge in [0.25, 0.3) is 0 Å². The molecular weight excluding hydrogens is 204 g/mol. The highest BCUT2D eigenvalue weighted by Crippen LogP contribution is 2.20. The van der Waals surface area contributed by atoms with Crippen LogP contribution in [-0.4, -0.2) is 4.98 Å². The van der Waals surface area contributed by atoms with Gasteiger partial charge in [0, 0.05) is 18.0 Å². The van der Waals surface area contributed by atoms with E-state index in [0.29, 0.717) is 5.82 Å². The largest absolute Gasteiger partial charge is 0.467 e. The first-order valence-electron chi connectivity index (χ1n) is 5.02. The minimum atomic E-state index is 0.100. The van der Waals surface area contributed by atoms with Gasteiger partial charge >= 0.3 is 0 Å². The van der Waals surface area contributed by atoms with Crippen LogP contribution in [0.2, 0.25) is 0 Å². The lowest BCUT2D eigenvalue weighted by molar-refractivity contribution is 0.490. The SMILES string of the molecule is CC(Nc1ccnc(NN)c1)c1ccco1. The second-order valence-corrected chi connectivity index (χ2v) is 3.46. The number of aromatic nitrogens is 1. The summed E-state index contributed by atoms with van der Waals surface area (Å²) in [5, 5.41) is 3.29. The van der Waals surface area contributed by atoms with Crippen molar-refractivity contribution >= 4 is 11.5 Å². The van der Waals surface area contributed by atoms with Gasteiger partial charge in [-0.15, -0.1) is 0 Å². The first-order valence-corrected chi connectivity index (χ1v) is 5.02. The number of hydrogen-bond donors (Lipinski definition) is 3. The zero-order valence-corrected chi connectivity index (χ0v) is 8.97. The van der Waals surface area contributed by atoms with Gasteiger partial charge in [0.05, 0.1) is 12.3 Å². The molecule has 2 aromatic heterocycles. The monoisotopic (exact) mass is 218 g/mol. The number of rotatable bonds is 4. The van der Waals surface area contributed by atoms with Crippen LogP contribution in [-0.2, 0) is 0 Å². The van der Waals surface area contributed by atoms with Crippen LogP contribution in [0.3, 0.4) is 0 Å². The number of nitrogens with zero attached hydrogens (tertiary/aromatic N) is 1. The Morgan fingerprint density at radius 3 is 3.00 bits per heavy atom. The lowest BCUT2D eigenvalue weighted by atomic mass is 10.2. The Labute approximate surface area is 93.6 Å². The molecule has 0 saturated heterocycles. The number of anilines is 2. The average molecular weight is 218 g/mol. The normalized spacial score (nSPS) is 12.1. The highest BCUT2D eigenvalue weighted by atomic mass is 16.3. The van der Waals surface area contributed by atoms with Crippen molar-refractivity contribution in [2.45, 2.75) is 13.0 Å². The molecule has 84 valence electrons. The number of nitrogens with one attached hydrogen (secondary N) is 2. The topological polar surface area (TPSA) is 76.1 Å². The van der Waals surface area contributed by atoms with Crippen LogP contribution < -0.4 is 16.6 Å². The zero-order valence-electron chi connectivity index (χ0n) is 8.97. The third kappa shape index (κ3) is 2.32. The molecule has 2 heterocycles.